The average Bonchev–Trinajstić information content (AvgIpc) is 2.86. The van der Waals surface area contributed by atoms with Crippen molar-refractivity contribution < 1.29 is 9.32 Å². The van der Waals surface area contributed by atoms with Crippen molar-refractivity contribution in [3.63, 3.8) is 0 Å². The first-order valence-electron chi connectivity index (χ1n) is 7.23. The summed E-state index contributed by atoms with van der Waals surface area (Å²) >= 11 is 1.52. The van der Waals surface area contributed by atoms with E-state index in [4.69, 9.17) is 4.52 Å². The molecule has 5 heteroatoms. The number of benzene rings is 1. The molecule has 1 aromatic heterocycles. The Bertz CT molecular complexity index is 672. The Kier molecular flexibility index (Phi) is 4.96. The van der Waals surface area contributed by atoms with Gasteiger partial charge in [0.05, 0.1) is 11.4 Å². The maximum absolute atomic E-state index is 12.0. The first-order valence-corrected chi connectivity index (χ1v) is 8.21. The molecule has 1 heterocycles. The van der Waals surface area contributed by atoms with E-state index >= 15 is 0 Å². The van der Waals surface area contributed by atoms with E-state index in [2.05, 4.69) is 42.5 Å². The molecule has 0 spiro atoms. The lowest BCUT2D eigenvalue weighted by molar-refractivity contribution is -0.113. The van der Waals surface area contributed by atoms with Gasteiger partial charge in [-0.3, -0.25) is 10.1 Å². The van der Waals surface area contributed by atoms with Crippen LogP contribution in [0.5, 0.6) is 0 Å². The third kappa shape index (κ3) is 4.37. The second-order valence-electron chi connectivity index (χ2n) is 6.43. The molecule has 1 N–H and O–H groups in total. The van der Waals surface area contributed by atoms with E-state index in [1.54, 1.807) is 6.07 Å². The van der Waals surface area contributed by atoms with Gasteiger partial charge in [0.15, 0.2) is 0 Å². The zero-order valence-electron chi connectivity index (χ0n) is 13.7. The molecule has 0 aliphatic heterocycles. The first-order chi connectivity index (χ1) is 10.3. The molecule has 1 aromatic carbocycles. The van der Waals surface area contributed by atoms with Gasteiger partial charge in [-0.25, -0.2) is 0 Å². The predicted molar refractivity (Wildman–Crippen MR) is 90.5 cm³/mol. The van der Waals surface area contributed by atoms with E-state index in [9.17, 15) is 4.79 Å². The number of amides is 1. The van der Waals surface area contributed by atoms with Crippen LogP contribution in [-0.4, -0.2) is 16.8 Å². The van der Waals surface area contributed by atoms with Crippen LogP contribution >= 0.6 is 11.8 Å². The number of carbonyl (C=O) groups is 1. The Balaban J connectivity index is 1.92. The second-order valence-corrected chi connectivity index (χ2v) is 7.45. The Hall–Kier alpha value is -1.75. The van der Waals surface area contributed by atoms with Gasteiger partial charge >= 0.3 is 0 Å². The van der Waals surface area contributed by atoms with Gasteiger partial charge in [0.1, 0.15) is 0 Å². The topological polar surface area (TPSA) is 55.1 Å². The summed E-state index contributed by atoms with van der Waals surface area (Å²) in [4.78, 5) is 13.1. The van der Waals surface area contributed by atoms with Crippen LogP contribution in [0.25, 0.3) is 0 Å². The summed E-state index contributed by atoms with van der Waals surface area (Å²) in [5.74, 6) is 0.646. The molecule has 2 aromatic rings. The van der Waals surface area contributed by atoms with Crippen molar-refractivity contribution in [1.29, 1.82) is 0 Å². The molecule has 0 atom stereocenters. The van der Waals surface area contributed by atoms with Crippen molar-refractivity contribution in [1.82, 2.24) is 5.16 Å². The number of rotatable bonds is 4. The van der Waals surface area contributed by atoms with Crippen LogP contribution in [0.1, 0.15) is 37.6 Å². The van der Waals surface area contributed by atoms with Crippen LogP contribution < -0.4 is 5.32 Å². The molecule has 0 radical (unpaired) electrons. The summed E-state index contributed by atoms with van der Waals surface area (Å²) in [6, 6.07) is 8.00. The molecule has 0 saturated carbocycles. The average molecular weight is 318 g/mol. The number of thioether (sulfide) groups is 1. The van der Waals surface area contributed by atoms with Gasteiger partial charge in [-0.2, -0.15) is 0 Å². The minimum absolute atomic E-state index is 0.0958. The molecular formula is C17H22N2O2S. The molecule has 0 aliphatic carbocycles. The summed E-state index contributed by atoms with van der Waals surface area (Å²) in [6.07, 6.45) is 0. The molecule has 2 rings (SSSR count). The predicted octanol–water partition coefficient (Wildman–Crippen LogP) is 4.32. The molecule has 118 valence electrons. The summed E-state index contributed by atoms with van der Waals surface area (Å²) in [5, 5.41) is 6.73. The zero-order chi connectivity index (χ0) is 16.3. The number of hydrogen-bond donors (Lipinski definition) is 1. The number of anilines is 1. The van der Waals surface area contributed by atoms with Gasteiger partial charge in [-0.1, -0.05) is 43.6 Å². The Labute approximate surface area is 135 Å². The van der Waals surface area contributed by atoms with Crippen molar-refractivity contribution >= 4 is 23.6 Å². The minimum Gasteiger partial charge on any atom is -0.338 e. The van der Waals surface area contributed by atoms with Crippen LogP contribution in [0.4, 0.5) is 5.88 Å². The molecule has 1 amide bonds. The van der Waals surface area contributed by atoms with Crippen LogP contribution in [0.3, 0.4) is 0 Å². The SMILES string of the molecule is Cc1ccc(SCC(=O)Nc2cc(C(C)(C)C)no2)c(C)c1. The summed E-state index contributed by atoms with van der Waals surface area (Å²) in [7, 11) is 0. The quantitative estimate of drug-likeness (QED) is 0.853. The van der Waals surface area contributed by atoms with Crippen molar-refractivity contribution in [3.05, 3.63) is 41.1 Å². The van der Waals surface area contributed by atoms with E-state index in [1.807, 2.05) is 20.8 Å². The third-order valence-electron chi connectivity index (χ3n) is 3.23. The number of aromatic nitrogens is 1. The highest BCUT2D eigenvalue weighted by Gasteiger charge is 2.19. The van der Waals surface area contributed by atoms with E-state index in [0.29, 0.717) is 11.6 Å². The minimum atomic E-state index is -0.0970. The molecule has 22 heavy (non-hydrogen) atoms. The highest BCUT2D eigenvalue weighted by molar-refractivity contribution is 8.00. The molecule has 0 unspecified atom stereocenters. The molecular weight excluding hydrogens is 296 g/mol. The lowest BCUT2D eigenvalue weighted by atomic mass is 9.92. The second kappa shape index (κ2) is 6.57. The van der Waals surface area contributed by atoms with Crippen molar-refractivity contribution in [2.24, 2.45) is 0 Å². The largest absolute Gasteiger partial charge is 0.338 e. The summed E-state index contributed by atoms with van der Waals surface area (Å²) in [6.45, 7) is 10.3. The van der Waals surface area contributed by atoms with Gasteiger partial charge < -0.3 is 4.52 Å². The fourth-order valence-corrected chi connectivity index (χ4v) is 2.78. The van der Waals surface area contributed by atoms with Crippen LogP contribution in [0.2, 0.25) is 0 Å². The monoisotopic (exact) mass is 318 g/mol. The summed E-state index contributed by atoms with van der Waals surface area (Å²) < 4.78 is 5.16. The first kappa shape index (κ1) is 16.6. The van der Waals surface area contributed by atoms with Gasteiger partial charge in [0.25, 0.3) is 0 Å². The molecule has 0 aliphatic rings. The number of nitrogens with one attached hydrogen (secondary N) is 1. The third-order valence-corrected chi connectivity index (χ3v) is 4.41. The van der Waals surface area contributed by atoms with Gasteiger partial charge in [-0.15, -0.1) is 11.8 Å². The Morgan fingerprint density at radius 3 is 2.59 bits per heavy atom. The smallest absolute Gasteiger partial charge is 0.237 e. The Morgan fingerprint density at radius 2 is 2.00 bits per heavy atom. The van der Waals surface area contributed by atoms with E-state index < -0.39 is 0 Å². The number of hydrogen-bond acceptors (Lipinski definition) is 4. The van der Waals surface area contributed by atoms with Crippen LogP contribution in [0.15, 0.2) is 33.7 Å². The lowest BCUT2D eigenvalue weighted by Crippen LogP contribution is -2.14. The number of carbonyl (C=O) groups excluding carboxylic acids is 1. The lowest BCUT2D eigenvalue weighted by Gasteiger charge is -2.12. The highest BCUT2D eigenvalue weighted by atomic mass is 32.2. The normalized spacial score (nSPS) is 11.5. The van der Waals surface area contributed by atoms with Crippen molar-refractivity contribution in [2.75, 3.05) is 11.1 Å². The molecule has 4 nitrogen and oxygen atoms in total. The fourth-order valence-electron chi connectivity index (χ4n) is 1.97. The van der Waals surface area contributed by atoms with E-state index in [0.717, 1.165) is 10.6 Å². The maximum atomic E-state index is 12.0. The standard InChI is InChI=1S/C17H22N2O2S/c1-11-6-7-13(12(2)8-11)22-10-15(20)18-16-9-14(19-21-16)17(3,4)5/h6-9H,10H2,1-5H3,(H,18,20). The van der Waals surface area contributed by atoms with Gasteiger partial charge in [-0.05, 0) is 25.5 Å². The molecule has 0 fully saturated rings. The fraction of sp³-hybridized carbons (Fsp3) is 0.412. The highest BCUT2D eigenvalue weighted by Crippen LogP contribution is 2.25. The number of nitrogens with zero attached hydrogens (tertiary/aromatic N) is 1. The van der Waals surface area contributed by atoms with Crippen LogP contribution in [-0.2, 0) is 10.2 Å². The maximum Gasteiger partial charge on any atom is 0.237 e. The number of aryl methyl sites for hydroxylation is 2. The van der Waals surface area contributed by atoms with Gasteiger partial charge in [0.2, 0.25) is 11.8 Å². The summed E-state index contributed by atoms with van der Waals surface area (Å²) in [5.41, 5.74) is 3.14. The molecule has 0 saturated heterocycles. The van der Waals surface area contributed by atoms with E-state index in [-0.39, 0.29) is 11.3 Å². The van der Waals surface area contributed by atoms with Crippen molar-refractivity contribution in [3.8, 4) is 0 Å². The van der Waals surface area contributed by atoms with Crippen molar-refractivity contribution in [2.45, 2.75) is 44.9 Å². The molecule has 0 bridgehead atoms. The van der Waals surface area contributed by atoms with Gasteiger partial charge in [0, 0.05) is 16.4 Å². The zero-order valence-corrected chi connectivity index (χ0v) is 14.5. The van der Waals surface area contributed by atoms with Crippen LogP contribution in [0, 0.1) is 13.8 Å². The Morgan fingerprint density at radius 1 is 1.27 bits per heavy atom. The van der Waals surface area contributed by atoms with E-state index in [1.165, 1.54) is 22.9 Å².